The molecule has 0 radical (unpaired) electrons. The maximum absolute atomic E-state index is 14.0. The largest absolute Gasteiger partial charge is 0.487 e. The molecule has 0 fully saturated rings. The number of halogens is 1. The van der Waals surface area contributed by atoms with Crippen molar-refractivity contribution in [1.82, 2.24) is 15.6 Å². The van der Waals surface area contributed by atoms with E-state index in [1.165, 1.54) is 18.2 Å². The van der Waals surface area contributed by atoms with Crippen LogP contribution in [-0.4, -0.2) is 22.8 Å². The van der Waals surface area contributed by atoms with Gasteiger partial charge in [-0.05, 0) is 54.8 Å². The van der Waals surface area contributed by atoms with Gasteiger partial charge in [-0.15, -0.1) is 0 Å². The van der Waals surface area contributed by atoms with Crippen molar-refractivity contribution in [2.45, 2.75) is 39.5 Å². The quantitative estimate of drug-likeness (QED) is 0.506. The molecule has 0 saturated heterocycles. The molecule has 172 valence electrons. The molecule has 2 N–H and O–H groups in total. The van der Waals surface area contributed by atoms with E-state index in [4.69, 9.17) is 4.74 Å². The van der Waals surface area contributed by atoms with Gasteiger partial charge in [0.15, 0.2) is 0 Å². The Balaban J connectivity index is 1.64. The van der Waals surface area contributed by atoms with E-state index in [1.54, 1.807) is 12.3 Å². The molecule has 0 saturated carbocycles. The fourth-order valence-corrected chi connectivity index (χ4v) is 3.30. The molecule has 0 aliphatic heterocycles. The number of rotatable bonds is 9. The highest BCUT2D eigenvalue weighted by molar-refractivity contribution is 5.97. The summed E-state index contributed by atoms with van der Waals surface area (Å²) < 4.78 is 19.8. The lowest BCUT2D eigenvalue weighted by atomic mass is 10.0. The monoisotopic (exact) mass is 449 g/mol. The van der Waals surface area contributed by atoms with Gasteiger partial charge < -0.3 is 15.4 Å². The molecule has 33 heavy (non-hydrogen) atoms. The van der Waals surface area contributed by atoms with Crippen LogP contribution < -0.4 is 15.4 Å². The van der Waals surface area contributed by atoms with Gasteiger partial charge in [-0.2, -0.15) is 0 Å². The molecular weight excluding hydrogens is 421 g/mol. The Morgan fingerprint density at radius 3 is 2.42 bits per heavy atom. The summed E-state index contributed by atoms with van der Waals surface area (Å²) in [5, 5.41) is 5.59. The smallest absolute Gasteiger partial charge is 0.254 e. The van der Waals surface area contributed by atoms with Crippen molar-refractivity contribution in [2.75, 3.05) is 0 Å². The van der Waals surface area contributed by atoms with Gasteiger partial charge in [-0.1, -0.05) is 44.2 Å². The first-order valence-corrected chi connectivity index (χ1v) is 10.8. The highest BCUT2D eigenvalue weighted by Gasteiger charge is 2.27. The van der Waals surface area contributed by atoms with Gasteiger partial charge in [0.25, 0.3) is 5.91 Å². The number of carbonyl (C=O) groups is 2. The molecule has 0 bridgehead atoms. The topological polar surface area (TPSA) is 80.3 Å². The Kier molecular flexibility index (Phi) is 8.13. The van der Waals surface area contributed by atoms with Crippen LogP contribution in [0.4, 0.5) is 4.39 Å². The van der Waals surface area contributed by atoms with Crippen LogP contribution in [-0.2, 0) is 11.4 Å². The number of hydrogen-bond donors (Lipinski definition) is 2. The van der Waals surface area contributed by atoms with E-state index < -0.39 is 17.8 Å². The van der Waals surface area contributed by atoms with Crippen molar-refractivity contribution in [2.24, 2.45) is 5.92 Å². The summed E-state index contributed by atoms with van der Waals surface area (Å²) in [7, 11) is 0. The molecule has 7 heteroatoms. The average molecular weight is 450 g/mol. The summed E-state index contributed by atoms with van der Waals surface area (Å²) in [6.45, 7) is 5.83. The van der Waals surface area contributed by atoms with Crippen LogP contribution in [0.1, 0.15) is 48.4 Å². The zero-order valence-electron chi connectivity index (χ0n) is 18.9. The highest BCUT2D eigenvalue weighted by atomic mass is 19.1. The number of nitrogens with zero attached hydrogens (tertiary/aromatic N) is 1. The van der Waals surface area contributed by atoms with Crippen LogP contribution in [0.3, 0.4) is 0 Å². The maximum Gasteiger partial charge on any atom is 0.254 e. The molecule has 0 spiro atoms. The first-order valence-electron chi connectivity index (χ1n) is 10.8. The summed E-state index contributed by atoms with van der Waals surface area (Å²) in [5.41, 5.74) is 1.57. The van der Waals surface area contributed by atoms with Crippen LogP contribution in [0.2, 0.25) is 0 Å². The molecule has 2 unspecified atom stereocenters. The van der Waals surface area contributed by atoms with Crippen LogP contribution >= 0.6 is 0 Å². The van der Waals surface area contributed by atoms with Gasteiger partial charge in [0.05, 0.1) is 17.3 Å². The number of hydrogen-bond acceptors (Lipinski definition) is 4. The predicted molar refractivity (Wildman–Crippen MR) is 124 cm³/mol. The van der Waals surface area contributed by atoms with Crippen molar-refractivity contribution in [3.05, 3.63) is 95.6 Å². The number of aromatic nitrogens is 1. The van der Waals surface area contributed by atoms with Gasteiger partial charge in [-0.25, -0.2) is 4.39 Å². The lowest BCUT2D eigenvalue weighted by Crippen LogP contribution is -2.50. The van der Waals surface area contributed by atoms with Gasteiger partial charge in [0.1, 0.15) is 24.2 Å². The summed E-state index contributed by atoms with van der Waals surface area (Å²) in [6.07, 6.45) is 1.71. The molecule has 2 aromatic carbocycles. The van der Waals surface area contributed by atoms with Gasteiger partial charge in [-0.3, -0.25) is 14.6 Å². The Morgan fingerprint density at radius 2 is 1.73 bits per heavy atom. The Hall–Kier alpha value is -3.74. The number of ether oxygens (including phenoxy) is 1. The van der Waals surface area contributed by atoms with E-state index >= 15 is 0 Å². The minimum atomic E-state index is -0.817. The molecule has 1 aromatic heterocycles. The minimum absolute atomic E-state index is 0.0956. The normalized spacial score (nSPS) is 12.6. The molecular formula is C26H28FN3O3. The van der Waals surface area contributed by atoms with Crippen LogP contribution in [0.15, 0.2) is 72.9 Å². The van der Waals surface area contributed by atoms with Crippen LogP contribution in [0.25, 0.3) is 0 Å². The second-order valence-corrected chi connectivity index (χ2v) is 8.09. The fraction of sp³-hybridized carbons (Fsp3) is 0.269. The van der Waals surface area contributed by atoms with Gasteiger partial charge >= 0.3 is 0 Å². The van der Waals surface area contributed by atoms with Crippen molar-refractivity contribution < 1.29 is 18.7 Å². The van der Waals surface area contributed by atoms with Crippen LogP contribution in [0, 0.1) is 11.7 Å². The second-order valence-electron chi connectivity index (χ2n) is 8.09. The predicted octanol–water partition coefficient (Wildman–Crippen LogP) is 4.43. The van der Waals surface area contributed by atoms with E-state index in [-0.39, 0.29) is 23.4 Å². The van der Waals surface area contributed by atoms with E-state index in [0.29, 0.717) is 12.4 Å². The molecule has 2 atom stereocenters. The van der Waals surface area contributed by atoms with E-state index in [2.05, 4.69) is 15.6 Å². The third-order valence-electron chi connectivity index (χ3n) is 5.18. The minimum Gasteiger partial charge on any atom is -0.487 e. The third-order valence-corrected chi connectivity index (χ3v) is 5.18. The first-order chi connectivity index (χ1) is 15.8. The van der Waals surface area contributed by atoms with Crippen molar-refractivity contribution in [3.63, 3.8) is 0 Å². The number of nitrogens with one attached hydrogen (secondary N) is 2. The maximum atomic E-state index is 14.0. The Morgan fingerprint density at radius 1 is 0.970 bits per heavy atom. The van der Waals surface area contributed by atoms with Gasteiger partial charge in [0.2, 0.25) is 5.91 Å². The van der Waals surface area contributed by atoms with Crippen molar-refractivity contribution >= 4 is 11.8 Å². The summed E-state index contributed by atoms with van der Waals surface area (Å²) in [5.74, 6) is -1.14. The lowest BCUT2D eigenvalue weighted by Gasteiger charge is -2.24. The van der Waals surface area contributed by atoms with Gasteiger partial charge in [0, 0.05) is 6.20 Å². The molecule has 3 aromatic rings. The molecule has 2 amide bonds. The molecule has 3 rings (SSSR count). The van der Waals surface area contributed by atoms with E-state index in [9.17, 15) is 14.0 Å². The third kappa shape index (κ3) is 6.62. The summed E-state index contributed by atoms with van der Waals surface area (Å²) in [4.78, 5) is 29.7. The molecule has 0 aliphatic rings. The Bertz CT molecular complexity index is 1090. The number of pyridine rings is 1. The summed E-state index contributed by atoms with van der Waals surface area (Å²) >= 11 is 0. The molecule has 0 aliphatic carbocycles. The average Bonchev–Trinajstić information content (AvgIpc) is 2.82. The van der Waals surface area contributed by atoms with E-state index in [0.717, 1.165) is 11.3 Å². The highest BCUT2D eigenvalue weighted by Crippen LogP contribution is 2.20. The zero-order valence-corrected chi connectivity index (χ0v) is 18.9. The number of carbonyl (C=O) groups excluding carboxylic acids is 2. The SMILES string of the molecule is CC(NC(=O)C(NC(=O)c1ccccc1F)C(C)C)c1cccc(OCc2ccccn2)c1. The first kappa shape index (κ1) is 23.9. The zero-order chi connectivity index (χ0) is 23.8. The molecule has 1 heterocycles. The van der Waals surface area contributed by atoms with Crippen molar-refractivity contribution in [3.8, 4) is 5.75 Å². The Labute approximate surface area is 193 Å². The van der Waals surface area contributed by atoms with Crippen molar-refractivity contribution in [1.29, 1.82) is 0 Å². The standard InChI is InChI=1S/C26H28FN3O3/c1-17(2)24(30-25(31)22-12-4-5-13-23(22)27)26(32)29-18(3)19-9-8-11-21(15-19)33-16-20-10-6-7-14-28-20/h4-15,17-18,24H,16H2,1-3H3,(H,29,32)(H,30,31). The van der Waals surface area contributed by atoms with E-state index in [1.807, 2.05) is 63.2 Å². The lowest BCUT2D eigenvalue weighted by molar-refractivity contribution is -0.124. The fourth-order valence-electron chi connectivity index (χ4n) is 3.30. The van der Waals surface area contributed by atoms with Crippen LogP contribution in [0.5, 0.6) is 5.75 Å². The summed E-state index contributed by atoms with van der Waals surface area (Å²) in [6, 6.07) is 17.6. The second kappa shape index (κ2) is 11.2. The number of amides is 2. The molecule has 6 nitrogen and oxygen atoms in total. The number of benzene rings is 2.